The highest BCUT2D eigenvalue weighted by atomic mass is 16.8. The van der Waals surface area contributed by atoms with Gasteiger partial charge < -0.3 is 59.4 Å². The third-order valence-corrected chi connectivity index (χ3v) is 17.6. The summed E-state index contributed by atoms with van der Waals surface area (Å²) in [7, 11) is 0. The fourth-order valence-corrected chi connectivity index (χ4v) is 14.0. The SMILES string of the molecule is CC1(C)C[C@H]2C3=CC[C@@H]4[C@@]5(C)CC[C@H](O[C@@H]6O[C@H](CO)[C@@H](O)[C@H](O)[C@H]6O[C@@H]6O[C@H](C(=O)O)[C@@H](O)[C@H](O)[C@H]6O)C(C)(C)[C@@H]5CC[C@@]4(C)[C@]3(C)CC[C@@]23C[C@@H]1OC3=O. The first-order chi connectivity index (χ1) is 26.1. The maximum atomic E-state index is 13.6. The average Bonchev–Trinajstić information content (AvgIpc) is 3.44. The maximum Gasteiger partial charge on any atom is 0.335 e. The van der Waals surface area contributed by atoms with Crippen LogP contribution in [0.3, 0.4) is 0 Å². The van der Waals surface area contributed by atoms with Gasteiger partial charge in [0.1, 0.15) is 48.8 Å². The topological polar surface area (TPSA) is 222 Å². The highest BCUT2D eigenvalue weighted by Gasteiger charge is 2.72. The molecule has 8 rings (SSSR count). The van der Waals surface area contributed by atoms with Crippen LogP contribution in [0.2, 0.25) is 0 Å². The van der Waals surface area contributed by atoms with Crippen LogP contribution >= 0.6 is 0 Å². The van der Waals surface area contributed by atoms with Gasteiger partial charge in [-0.3, -0.25) is 4.79 Å². The fraction of sp³-hybridized carbons (Fsp3) is 0.905. The summed E-state index contributed by atoms with van der Waals surface area (Å²) in [5.74, 6) is -0.792. The number of aliphatic carboxylic acids is 1. The third-order valence-electron chi connectivity index (χ3n) is 17.6. The Balaban J connectivity index is 1.05. The van der Waals surface area contributed by atoms with Crippen molar-refractivity contribution in [3.05, 3.63) is 11.6 Å². The molecule has 14 nitrogen and oxygen atoms in total. The van der Waals surface area contributed by atoms with Gasteiger partial charge in [-0.25, -0.2) is 4.79 Å². The lowest BCUT2D eigenvalue weighted by Gasteiger charge is -2.71. The van der Waals surface area contributed by atoms with Crippen molar-refractivity contribution in [1.82, 2.24) is 0 Å². The van der Waals surface area contributed by atoms with Crippen molar-refractivity contribution in [2.45, 2.75) is 180 Å². The normalized spacial score (nSPS) is 54.4. The van der Waals surface area contributed by atoms with E-state index in [0.717, 1.165) is 51.4 Å². The fourth-order valence-electron chi connectivity index (χ4n) is 14.0. The summed E-state index contributed by atoms with van der Waals surface area (Å²) in [4.78, 5) is 25.4. The van der Waals surface area contributed by atoms with Gasteiger partial charge in [0.25, 0.3) is 0 Å². The van der Waals surface area contributed by atoms with E-state index < -0.39 is 90.9 Å². The summed E-state index contributed by atoms with van der Waals surface area (Å²) >= 11 is 0. The molecule has 7 fully saturated rings. The highest BCUT2D eigenvalue weighted by molar-refractivity contribution is 5.81. The summed E-state index contributed by atoms with van der Waals surface area (Å²) < 4.78 is 30.1. The van der Waals surface area contributed by atoms with Crippen LogP contribution in [0.15, 0.2) is 11.6 Å². The van der Waals surface area contributed by atoms with Crippen LogP contribution in [0.25, 0.3) is 0 Å². The summed E-state index contributed by atoms with van der Waals surface area (Å²) in [6.07, 6.45) is -6.98. The molecule has 0 aromatic heterocycles. The van der Waals surface area contributed by atoms with E-state index in [2.05, 4.69) is 54.5 Å². The first-order valence-electron chi connectivity index (χ1n) is 20.8. The van der Waals surface area contributed by atoms with Gasteiger partial charge in [-0.2, -0.15) is 0 Å². The smallest absolute Gasteiger partial charge is 0.335 e. The van der Waals surface area contributed by atoms with Crippen LogP contribution in [-0.4, -0.2) is 128 Å². The number of fused-ring (bicyclic) bond motifs is 7. The van der Waals surface area contributed by atoms with Gasteiger partial charge in [0.15, 0.2) is 18.7 Å². The molecular formula is C42H64O14. The number of carboxylic acid groups (broad SMARTS) is 1. The van der Waals surface area contributed by atoms with E-state index in [4.69, 9.17) is 23.7 Å². The summed E-state index contributed by atoms with van der Waals surface area (Å²) in [5, 5.41) is 73.1. The summed E-state index contributed by atoms with van der Waals surface area (Å²) in [5.41, 5.74) is 0.456. The van der Waals surface area contributed by atoms with Crippen molar-refractivity contribution in [2.75, 3.05) is 6.61 Å². The molecule has 0 radical (unpaired) electrons. The lowest BCUT2D eigenvalue weighted by molar-refractivity contribution is -0.375. The second kappa shape index (κ2) is 13.4. The van der Waals surface area contributed by atoms with Gasteiger partial charge in [-0.1, -0.05) is 60.1 Å². The molecular weight excluding hydrogens is 728 g/mol. The number of hydrogen-bond acceptors (Lipinski definition) is 13. The molecule has 5 aliphatic carbocycles. The Bertz CT molecular complexity index is 1610. The number of carbonyl (C=O) groups is 2. The number of carbonyl (C=O) groups excluding carboxylic acids is 1. The molecule has 19 atom stereocenters. The minimum atomic E-state index is -1.95. The first kappa shape index (κ1) is 41.0. The highest BCUT2D eigenvalue weighted by Crippen LogP contribution is 2.76. The Kier molecular flexibility index (Phi) is 9.81. The molecule has 56 heavy (non-hydrogen) atoms. The van der Waals surface area contributed by atoms with Crippen LogP contribution < -0.4 is 0 Å². The minimum absolute atomic E-state index is 0.00398. The molecule has 316 valence electrons. The van der Waals surface area contributed by atoms with Gasteiger partial charge in [-0.05, 0) is 90.8 Å². The van der Waals surface area contributed by atoms with Crippen molar-refractivity contribution in [3.63, 3.8) is 0 Å². The maximum absolute atomic E-state index is 13.6. The van der Waals surface area contributed by atoms with Crippen molar-refractivity contribution in [3.8, 4) is 0 Å². The first-order valence-corrected chi connectivity index (χ1v) is 20.8. The van der Waals surface area contributed by atoms with Crippen LogP contribution in [0.5, 0.6) is 0 Å². The van der Waals surface area contributed by atoms with Crippen molar-refractivity contribution in [2.24, 2.45) is 50.2 Å². The van der Waals surface area contributed by atoms with Crippen LogP contribution in [0.1, 0.15) is 106 Å². The molecule has 8 aliphatic rings. The monoisotopic (exact) mass is 792 g/mol. The van der Waals surface area contributed by atoms with E-state index in [9.17, 15) is 45.3 Å². The molecule has 3 aliphatic heterocycles. The number of aliphatic hydroxyl groups is 6. The van der Waals surface area contributed by atoms with Crippen molar-refractivity contribution in [1.29, 1.82) is 0 Å². The zero-order chi connectivity index (χ0) is 40.7. The van der Waals surface area contributed by atoms with E-state index >= 15 is 0 Å². The Labute approximate surface area is 328 Å². The van der Waals surface area contributed by atoms with E-state index in [1.165, 1.54) is 5.57 Å². The van der Waals surface area contributed by atoms with Crippen molar-refractivity contribution >= 4 is 11.9 Å². The lowest BCUT2D eigenvalue weighted by Crippen LogP contribution is -2.67. The zero-order valence-electron chi connectivity index (χ0n) is 33.8. The molecule has 14 heteroatoms. The van der Waals surface area contributed by atoms with Gasteiger partial charge in [0.05, 0.1) is 18.1 Å². The Morgan fingerprint density at radius 3 is 2.20 bits per heavy atom. The summed E-state index contributed by atoms with van der Waals surface area (Å²) in [6.45, 7) is 15.7. The second-order valence-corrected chi connectivity index (χ2v) is 20.8. The molecule has 3 saturated heterocycles. The Morgan fingerprint density at radius 1 is 0.804 bits per heavy atom. The van der Waals surface area contributed by atoms with E-state index in [0.29, 0.717) is 12.3 Å². The third kappa shape index (κ3) is 5.56. The molecule has 2 bridgehead atoms. The van der Waals surface area contributed by atoms with Gasteiger partial charge in [0.2, 0.25) is 0 Å². The van der Waals surface area contributed by atoms with Crippen LogP contribution in [-0.2, 0) is 33.3 Å². The van der Waals surface area contributed by atoms with Crippen molar-refractivity contribution < 1.29 is 69.0 Å². The number of esters is 1. The second-order valence-electron chi connectivity index (χ2n) is 20.8. The number of rotatable bonds is 6. The van der Waals surface area contributed by atoms with Gasteiger partial charge in [-0.15, -0.1) is 0 Å². The average molecular weight is 793 g/mol. The lowest BCUT2D eigenvalue weighted by atomic mass is 9.33. The minimum Gasteiger partial charge on any atom is -0.479 e. The predicted octanol–water partition coefficient (Wildman–Crippen LogP) is 2.43. The summed E-state index contributed by atoms with van der Waals surface area (Å²) in [6, 6.07) is 0. The Morgan fingerprint density at radius 2 is 1.52 bits per heavy atom. The van der Waals surface area contributed by atoms with E-state index in [1.807, 2.05) is 0 Å². The standard InChI is InChI=1S/C42H64O14/c1-37(2)16-20-19-8-9-23-39(5)12-11-24(38(3,4)22(39)10-13-41(23,7)40(19,6)14-15-42(20)17-25(37)54-36(42)51)53-35-32(28(46)26(44)21(18-43)52-35)56-34-30(48)27(45)29(47)31(55-34)33(49)50/h8,20-32,34-35,43-48H,9-18H2,1-7H3,(H,49,50)/t20-,21+,22-,23+,24-,25-,26+,27-,28-,29-,30+,31-,32+,34-,35-,39-,40+,41+,42+/m0/s1. The van der Waals surface area contributed by atoms with Crippen LogP contribution in [0.4, 0.5) is 0 Å². The molecule has 0 aromatic rings. The number of carboxylic acids is 1. The number of allylic oxidation sites excluding steroid dienone is 2. The molecule has 7 N–H and O–H groups in total. The molecule has 1 spiro atoms. The van der Waals surface area contributed by atoms with Crippen LogP contribution in [0, 0.1) is 50.2 Å². The van der Waals surface area contributed by atoms with E-state index in [-0.39, 0.29) is 45.6 Å². The van der Waals surface area contributed by atoms with Gasteiger partial charge in [0, 0.05) is 11.8 Å². The van der Waals surface area contributed by atoms with Gasteiger partial charge >= 0.3 is 11.9 Å². The molecule has 3 heterocycles. The quantitative estimate of drug-likeness (QED) is 0.117. The Hall–Kier alpha value is -1.72. The predicted molar refractivity (Wildman–Crippen MR) is 196 cm³/mol. The number of aliphatic hydroxyl groups excluding tert-OH is 6. The van der Waals surface area contributed by atoms with E-state index in [1.54, 1.807) is 0 Å². The number of ether oxygens (including phenoxy) is 5. The molecule has 0 unspecified atom stereocenters. The molecule has 4 saturated carbocycles. The zero-order valence-corrected chi connectivity index (χ0v) is 33.8. The number of hydrogen-bond donors (Lipinski definition) is 7. The largest absolute Gasteiger partial charge is 0.479 e. The molecule has 0 amide bonds. The molecule has 0 aromatic carbocycles.